The minimum absolute atomic E-state index is 0.109. The lowest BCUT2D eigenvalue weighted by molar-refractivity contribution is -0.159. The Morgan fingerprint density at radius 1 is 1.05 bits per heavy atom. The Balaban J connectivity index is 1.84. The van der Waals surface area contributed by atoms with E-state index in [1.54, 1.807) is 15.8 Å². The molecule has 0 aromatic carbocycles. The Labute approximate surface area is 239 Å². The predicted molar refractivity (Wildman–Crippen MR) is 156 cm³/mol. The Kier molecular flexibility index (Phi) is 9.10. The van der Waals surface area contributed by atoms with Gasteiger partial charge in [-0.2, -0.15) is 0 Å². The lowest BCUT2D eigenvalue weighted by Gasteiger charge is -2.51. The van der Waals surface area contributed by atoms with Gasteiger partial charge in [-0.1, -0.05) is 55.4 Å². The maximum absolute atomic E-state index is 13.1. The van der Waals surface area contributed by atoms with Gasteiger partial charge < -0.3 is 28.2 Å². The zero-order valence-electron chi connectivity index (χ0n) is 25.5. The van der Waals surface area contributed by atoms with Crippen LogP contribution in [0, 0.1) is 0 Å². The molecule has 0 spiro atoms. The molecule has 4 heterocycles. The predicted octanol–water partition coefficient (Wildman–Crippen LogP) is 3.74. The second-order valence-electron chi connectivity index (χ2n) is 12.4. The number of carbonyl (C=O) groups is 1. The van der Waals surface area contributed by atoms with Gasteiger partial charge in [0, 0.05) is 0 Å². The molecule has 2 aliphatic rings. The molecule has 0 radical (unpaired) electrons. The summed E-state index contributed by atoms with van der Waals surface area (Å²) in [4.78, 5) is 27.8. The van der Waals surface area contributed by atoms with Crippen LogP contribution in [0.5, 0.6) is 0 Å². The lowest BCUT2D eigenvalue weighted by atomic mass is 10.1. The number of hydrogen-bond donors (Lipinski definition) is 1. The molecule has 12 nitrogen and oxygen atoms in total. The van der Waals surface area contributed by atoms with Gasteiger partial charge in [0.25, 0.3) is 0 Å². The number of rotatable bonds is 8. The van der Waals surface area contributed by atoms with E-state index < -0.39 is 41.7 Å². The van der Waals surface area contributed by atoms with E-state index in [1.807, 2.05) is 14.1 Å². The number of esters is 1. The third-order valence-electron chi connectivity index (χ3n) is 7.99. The topological polar surface area (TPSA) is 136 Å². The van der Waals surface area contributed by atoms with Crippen LogP contribution in [0.2, 0.25) is 22.2 Å². The Bertz CT molecular complexity index is 1180. The molecule has 0 saturated carbocycles. The molecule has 2 saturated heterocycles. The summed E-state index contributed by atoms with van der Waals surface area (Å²) in [6, 6.07) is 0. The van der Waals surface area contributed by atoms with Crippen molar-refractivity contribution in [3.05, 3.63) is 12.7 Å². The van der Waals surface area contributed by atoms with Crippen LogP contribution in [0.15, 0.2) is 12.7 Å². The fraction of sp³-hybridized carbons (Fsp3) is 0.769. The second-order valence-corrected chi connectivity index (χ2v) is 21.2. The van der Waals surface area contributed by atoms with Gasteiger partial charge in [-0.25, -0.2) is 15.0 Å². The molecule has 2 aliphatic heterocycles. The molecule has 2 fully saturated rings. The van der Waals surface area contributed by atoms with Crippen molar-refractivity contribution in [1.82, 2.24) is 24.4 Å². The van der Waals surface area contributed by atoms with Crippen LogP contribution < -0.4 is 5.73 Å². The van der Waals surface area contributed by atoms with Crippen molar-refractivity contribution in [2.45, 2.75) is 102 Å². The van der Waals surface area contributed by atoms with Crippen LogP contribution in [-0.2, 0) is 27.2 Å². The summed E-state index contributed by atoms with van der Waals surface area (Å²) >= 11 is 0. The maximum Gasteiger partial charge on any atom is 0.335 e. The standard InChI is InChI=1S/C26H46N6O6Si2/c1-15(2)39(16(3)4)34-12-19-22(37-40(38-39,17(5)6)18(7)8)23(36-20(33)11-31(9)10)26(35-19)32-14-30-21-24(27)28-13-29-25(21)32/h13-19,22-23,26H,11-12H2,1-10H3,(H2,27,28,29)/t19-,22?,23+,26-/m1/s1. The van der Waals surface area contributed by atoms with Gasteiger partial charge in [-0.05, 0) is 36.3 Å². The molecule has 0 amide bonds. The average molecular weight is 595 g/mol. The SMILES string of the molecule is CC(C)[Si]1(C(C)C)OC[C@H]2O[C@@H](n3cnc4c(N)ncnc43)[C@@H](OC(=O)CN(C)C)C2O[Si](C(C)C)(C(C)C)O1. The van der Waals surface area contributed by atoms with Crippen molar-refractivity contribution in [1.29, 1.82) is 0 Å². The van der Waals surface area contributed by atoms with E-state index in [-0.39, 0.29) is 47.1 Å². The van der Waals surface area contributed by atoms with Crippen LogP contribution in [0.1, 0.15) is 61.6 Å². The van der Waals surface area contributed by atoms with Crippen molar-refractivity contribution in [2.24, 2.45) is 0 Å². The minimum atomic E-state index is -2.98. The van der Waals surface area contributed by atoms with Gasteiger partial charge in [0.05, 0.1) is 19.5 Å². The number of aromatic nitrogens is 4. The third kappa shape index (κ3) is 5.46. The summed E-state index contributed by atoms with van der Waals surface area (Å²) in [6.07, 6.45) is 0.305. The first kappa shape index (κ1) is 31.0. The highest BCUT2D eigenvalue weighted by Crippen LogP contribution is 2.49. The fourth-order valence-corrected chi connectivity index (χ4v) is 17.2. The Morgan fingerprint density at radius 2 is 1.68 bits per heavy atom. The number of nitrogen functional groups attached to an aromatic ring is 1. The van der Waals surface area contributed by atoms with Gasteiger partial charge in [0.1, 0.15) is 24.1 Å². The summed E-state index contributed by atoms with van der Waals surface area (Å²) < 4.78 is 36.0. The number of likely N-dealkylation sites (N-methyl/N-ethyl adjacent to an activating group) is 1. The maximum atomic E-state index is 13.1. The zero-order valence-corrected chi connectivity index (χ0v) is 27.5. The third-order valence-corrected chi connectivity index (χ3v) is 18.2. The number of nitrogens with zero attached hydrogens (tertiary/aromatic N) is 5. The summed E-state index contributed by atoms with van der Waals surface area (Å²) in [6.45, 7) is 17.7. The molecule has 4 rings (SSSR count). The highest BCUT2D eigenvalue weighted by Gasteiger charge is 2.62. The highest BCUT2D eigenvalue weighted by atomic mass is 28.5. The molecule has 1 unspecified atom stereocenters. The number of imidazole rings is 1. The normalized spacial score (nSPS) is 26.6. The van der Waals surface area contributed by atoms with E-state index in [9.17, 15) is 4.79 Å². The lowest BCUT2D eigenvalue weighted by Crippen LogP contribution is -2.66. The quantitative estimate of drug-likeness (QED) is 0.354. The van der Waals surface area contributed by atoms with Gasteiger partial charge in [0.2, 0.25) is 0 Å². The van der Waals surface area contributed by atoms with Crippen molar-refractivity contribution >= 4 is 40.1 Å². The molecule has 224 valence electrons. The monoisotopic (exact) mass is 594 g/mol. The smallest absolute Gasteiger partial charge is 0.335 e. The van der Waals surface area contributed by atoms with Crippen molar-refractivity contribution in [3.63, 3.8) is 0 Å². The van der Waals surface area contributed by atoms with Crippen molar-refractivity contribution in [3.8, 4) is 0 Å². The molecule has 2 aromatic heterocycles. The zero-order chi connectivity index (χ0) is 29.6. The molecule has 4 atom stereocenters. The van der Waals surface area contributed by atoms with Crippen LogP contribution in [0.4, 0.5) is 5.82 Å². The van der Waals surface area contributed by atoms with Crippen molar-refractivity contribution < 1.29 is 27.2 Å². The fourth-order valence-electron chi connectivity index (χ4n) is 5.98. The molecule has 2 aromatic rings. The molecule has 0 bridgehead atoms. The second kappa shape index (κ2) is 11.7. The number of fused-ring (bicyclic) bond motifs is 2. The van der Waals surface area contributed by atoms with Crippen LogP contribution in [-0.4, -0.2) is 93.1 Å². The van der Waals surface area contributed by atoms with Crippen LogP contribution in [0.25, 0.3) is 11.2 Å². The van der Waals surface area contributed by atoms with E-state index in [1.165, 1.54) is 6.33 Å². The number of anilines is 1. The molecule has 14 heteroatoms. The van der Waals surface area contributed by atoms with Crippen molar-refractivity contribution in [2.75, 3.05) is 33.0 Å². The summed E-state index contributed by atoms with van der Waals surface area (Å²) in [5, 5.41) is 0. The first-order chi connectivity index (χ1) is 18.7. The summed E-state index contributed by atoms with van der Waals surface area (Å²) in [7, 11) is -2.11. The molecule has 2 N–H and O–H groups in total. The van der Waals surface area contributed by atoms with Gasteiger partial charge in [0.15, 0.2) is 23.8 Å². The number of hydrogen-bond acceptors (Lipinski definition) is 11. The Morgan fingerprint density at radius 3 is 2.25 bits per heavy atom. The van der Waals surface area contributed by atoms with Gasteiger partial charge in [-0.3, -0.25) is 14.3 Å². The van der Waals surface area contributed by atoms with E-state index in [4.69, 9.17) is 28.2 Å². The first-order valence-electron chi connectivity index (χ1n) is 14.2. The van der Waals surface area contributed by atoms with Gasteiger partial charge >= 0.3 is 23.1 Å². The number of carbonyl (C=O) groups excluding carboxylic acids is 1. The molecular weight excluding hydrogens is 548 g/mol. The Hall–Kier alpha value is -1.95. The largest absolute Gasteiger partial charge is 0.454 e. The van der Waals surface area contributed by atoms with E-state index in [2.05, 4.69) is 70.3 Å². The molecule has 40 heavy (non-hydrogen) atoms. The summed E-state index contributed by atoms with van der Waals surface area (Å²) in [5.74, 6) is -0.123. The average Bonchev–Trinajstić information content (AvgIpc) is 3.40. The highest BCUT2D eigenvalue weighted by molar-refractivity contribution is 6.84. The summed E-state index contributed by atoms with van der Waals surface area (Å²) in [5.41, 5.74) is 7.62. The van der Waals surface area contributed by atoms with Crippen LogP contribution >= 0.6 is 0 Å². The van der Waals surface area contributed by atoms with E-state index in [0.717, 1.165) is 0 Å². The molecular formula is C26H46N6O6Si2. The first-order valence-corrected chi connectivity index (χ1v) is 18.1. The van der Waals surface area contributed by atoms with Crippen LogP contribution in [0.3, 0.4) is 0 Å². The van der Waals surface area contributed by atoms with Gasteiger partial charge in [-0.15, -0.1) is 0 Å². The number of nitrogens with two attached hydrogens (primary N) is 1. The van der Waals surface area contributed by atoms with E-state index >= 15 is 0 Å². The minimum Gasteiger partial charge on any atom is -0.454 e. The number of ether oxygens (including phenoxy) is 2. The molecule has 0 aliphatic carbocycles. The van der Waals surface area contributed by atoms with E-state index in [0.29, 0.717) is 11.2 Å².